The summed E-state index contributed by atoms with van der Waals surface area (Å²) in [5.74, 6) is -1.64. The first-order valence-corrected chi connectivity index (χ1v) is 12.5. The van der Waals surface area contributed by atoms with Crippen molar-refractivity contribution in [2.24, 2.45) is 0 Å². The van der Waals surface area contributed by atoms with Crippen LogP contribution in [0.15, 0.2) is 46.5 Å². The van der Waals surface area contributed by atoms with Crippen LogP contribution in [0.4, 0.5) is 0 Å². The van der Waals surface area contributed by atoms with Gasteiger partial charge in [0, 0.05) is 34.6 Å². The van der Waals surface area contributed by atoms with E-state index in [0.29, 0.717) is 12.8 Å². The van der Waals surface area contributed by atoms with E-state index in [1.807, 2.05) is 50.2 Å². The predicted molar refractivity (Wildman–Crippen MR) is 130 cm³/mol. The Bertz CT molecular complexity index is 1220. The highest BCUT2D eigenvalue weighted by Gasteiger charge is 2.18. The molecule has 166 valence electrons. The molecule has 2 aromatic carbocycles. The van der Waals surface area contributed by atoms with Gasteiger partial charge in [-0.15, -0.1) is 0 Å². The van der Waals surface area contributed by atoms with Gasteiger partial charge < -0.3 is 20.2 Å². The number of aromatic amines is 2. The van der Waals surface area contributed by atoms with Crippen molar-refractivity contribution in [3.8, 4) is 0 Å². The van der Waals surface area contributed by atoms with E-state index in [1.54, 1.807) is 21.6 Å². The lowest BCUT2D eigenvalue weighted by atomic mass is 10.1. The van der Waals surface area contributed by atoms with Crippen molar-refractivity contribution in [2.45, 2.75) is 49.6 Å². The molecule has 0 bridgehead atoms. The summed E-state index contributed by atoms with van der Waals surface area (Å²) in [6.45, 7) is 4.07. The number of aryl methyl sites for hydroxylation is 4. The van der Waals surface area contributed by atoms with Crippen LogP contribution < -0.4 is 0 Å². The summed E-state index contributed by atoms with van der Waals surface area (Å²) in [5, 5.41) is 22.4. The molecule has 0 saturated heterocycles. The number of aromatic nitrogens is 2. The molecular formula is C24H24N2O4S2. The summed E-state index contributed by atoms with van der Waals surface area (Å²) in [6.07, 6.45) is 1.02. The Balaban J connectivity index is 1.70. The number of hydrogen-bond donors (Lipinski definition) is 4. The molecule has 6 nitrogen and oxygen atoms in total. The molecule has 0 aliphatic heterocycles. The number of nitrogens with one attached hydrogen (secondary N) is 2. The second-order valence-corrected chi connectivity index (χ2v) is 9.96. The molecule has 2 heterocycles. The number of H-pyrrole nitrogens is 2. The van der Waals surface area contributed by atoms with Crippen LogP contribution >= 0.6 is 21.6 Å². The molecule has 0 radical (unpaired) electrons. The lowest BCUT2D eigenvalue weighted by molar-refractivity contribution is -0.138. The molecule has 0 aliphatic carbocycles. The van der Waals surface area contributed by atoms with E-state index in [-0.39, 0.29) is 12.8 Å². The molecule has 8 heteroatoms. The normalized spacial score (nSPS) is 11.4. The Hall–Kier alpha value is -2.84. The molecule has 4 aromatic rings. The van der Waals surface area contributed by atoms with Crippen molar-refractivity contribution in [3.63, 3.8) is 0 Å². The van der Waals surface area contributed by atoms with E-state index in [1.165, 1.54) is 0 Å². The number of rotatable bonds is 9. The number of carboxylic acid groups (broad SMARTS) is 2. The van der Waals surface area contributed by atoms with Crippen molar-refractivity contribution < 1.29 is 19.8 Å². The maximum Gasteiger partial charge on any atom is 0.303 e. The third-order valence-corrected chi connectivity index (χ3v) is 7.97. The number of aliphatic carboxylic acids is 2. The largest absolute Gasteiger partial charge is 0.481 e. The van der Waals surface area contributed by atoms with E-state index in [0.717, 1.165) is 54.1 Å². The van der Waals surface area contributed by atoms with Crippen LogP contribution in [0, 0.1) is 13.8 Å². The standard InChI is InChI=1S/C24H24N2O4S2/c1-13-5-3-7-15-17(9-11-19(27)28)23(25-21(13)15)31-32-24-18(10-12-20(29)30)16-8-4-6-14(2)22(16)26-24/h3-8,25-26H,9-12H2,1-2H3,(H,27,28)(H,29,30). The molecule has 4 rings (SSSR count). The Morgan fingerprint density at radius 1 is 0.750 bits per heavy atom. The number of carboxylic acids is 2. The van der Waals surface area contributed by atoms with E-state index in [2.05, 4.69) is 9.97 Å². The van der Waals surface area contributed by atoms with Gasteiger partial charge in [0.2, 0.25) is 0 Å². The van der Waals surface area contributed by atoms with Gasteiger partial charge in [-0.05, 0) is 70.5 Å². The van der Waals surface area contributed by atoms with Crippen LogP contribution in [0.2, 0.25) is 0 Å². The lowest BCUT2D eigenvalue weighted by Crippen LogP contribution is -1.98. The number of hydrogen-bond acceptors (Lipinski definition) is 4. The molecule has 0 atom stereocenters. The van der Waals surface area contributed by atoms with Crippen LogP contribution in [0.1, 0.15) is 35.1 Å². The smallest absolute Gasteiger partial charge is 0.303 e. The Labute approximate surface area is 193 Å². The Morgan fingerprint density at radius 3 is 1.53 bits per heavy atom. The average Bonchev–Trinajstić information content (AvgIpc) is 3.28. The first kappa shape index (κ1) is 22.4. The van der Waals surface area contributed by atoms with Crippen molar-refractivity contribution in [1.29, 1.82) is 0 Å². The Kier molecular flexibility index (Phi) is 6.53. The quantitative estimate of drug-likeness (QED) is 0.221. The van der Waals surface area contributed by atoms with Gasteiger partial charge >= 0.3 is 11.9 Å². The van der Waals surface area contributed by atoms with Crippen molar-refractivity contribution in [1.82, 2.24) is 9.97 Å². The topological polar surface area (TPSA) is 106 Å². The van der Waals surface area contributed by atoms with Gasteiger partial charge in [-0.1, -0.05) is 36.4 Å². The summed E-state index contributed by atoms with van der Waals surface area (Å²) in [6, 6.07) is 12.1. The second kappa shape index (κ2) is 9.34. The van der Waals surface area contributed by atoms with Crippen LogP contribution in [0.25, 0.3) is 21.8 Å². The van der Waals surface area contributed by atoms with Crippen LogP contribution in [0.3, 0.4) is 0 Å². The van der Waals surface area contributed by atoms with E-state index >= 15 is 0 Å². The van der Waals surface area contributed by atoms with Crippen LogP contribution in [0.5, 0.6) is 0 Å². The maximum atomic E-state index is 11.2. The van der Waals surface area contributed by atoms with E-state index in [9.17, 15) is 19.8 Å². The van der Waals surface area contributed by atoms with Crippen molar-refractivity contribution in [2.75, 3.05) is 0 Å². The second-order valence-electron chi connectivity index (χ2n) is 7.81. The predicted octanol–water partition coefficient (Wildman–Crippen LogP) is 6.10. The molecule has 0 amide bonds. The van der Waals surface area contributed by atoms with Crippen LogP contribution in [-0.2, 0) is 22.4 Å². The fraction of sp³-hybridized carbons (Fsp3) is 0.250. The molecule has 4 N–H and O–H groups in total. The van der Waals surface area contributed by atoms with E-state index < -0.39 is 11.9 Å². The number of fused-ring (bicyclic) bond motifs is 2. The highest BCUT2D eigenvalue weighted by Crippen LogP contribution is 2.44. The minimum atomic E-state index is -0.822. The average molecular weight is 469 g/mol. The zero-order chi connectivity index (χ0) is 22.8. The third kappa shape index (κ3) is 4.52. The van der Waals surface area contributed by atoms with Gasteiger partial charge in [-0.25, -0.2) is 0 Å². The molecule has 0 aliphatic rings. The summed E-state index contributed by atoms with van der Waals surface area (Å²) in [7, 11) is 3.09. The summed E-state index contributed by atoms with van der Waals surface area (Å²) in [5.41, 5.74) is 6.27. The zero-order valence-electron chi connectivity index (χ0n) is 17.8. The number of para-hydroxylation sites is 2. The Morgan fingerprint density at radius 2 is 1.16 bits per heavy atom. The fourth-order valence-electron chi connectivity index (χ4n) is 3.98. The molecular weight excluding hydrogens is 444 g/mol. The summed E-state index contributed by atoms with van der Waals surface area (Å²) < 4.78 is 0. The molecule has 0 unspecified atom stereocenters. The van der Waals surface area contributed by atoms with Gasteiger partial charge in [0.15, 0.2) is 0 Å². The molecule has 0 fully saturated rings. The van der Waals surface area contributed by atoms with Gasteiger partial charge in [-0.3, -0.25) is 9.59 Å². The monoisotopic (exact) mass is 468 g/mol. The lowest BCUT2D eigenvalue weighted by Gasteiger charge is -2.05. The molecule has 32 heavy (non-hydrogen) atoms. The highest BCUT2D eigenvalue weighted by atomic mass is 33.1. The minimum Gasteiger partial charge on any atom is -0.481 e. The summed E-state index contributed by atoms with van der Waals surface area (Å²) >= 11 is 0. The summed E-state index contributed by atoms with van der Waals surface area (Å²) in [4.78, 5) is 29.4. The highest BCUT2D eigenvalue weighted by molar-refractivity contribution is 8.76. The van der Waals surface area contributed by atoms with Gasteiger partial charge in [-0.2, -0.15) is 0 Å². The molecule has 0 spiro atoms. The van der Waals surface area contributed by atoms with Crippen molar-refractivity contribution >= 4 is 55.3 Å². The number of carbonyl (C=O) groups is 2. The molecule has 0 saturated carbocycles. The van der Waals surface area contributed by atoms with Gasteiger partial charge in [0.05, 0.1) is 10.1 Å². The first-order valence-electron chi connectivity index (χ1n) is 10.3. The maximum absolute atomic E-state index is 11.2. The van der Waals surface area contributed by atoms with Crippen molar-refractivity contribution in [3.05, 3.63) is 58.7 Å². The SMILES string of the molecule is Cc1cccc2c(CCC(=O)O)c(SSc3[nH]c4c(C)cccc4c3CCC(=O)O)[nH]c12. The minimum absolute atomic E-state index is 0.0641. The van der Waals surface area contributed by atoms with Gasteiger partial charge in [0.25, 0.3) is 0 Å². The molecule has 2 aromatic heterocycles. The third-order valence-electron chi connectivity index (χ3n) is 5.61. The first-order chi connectivity index (χ1) is 15.3. The zero-order valence-corrected chi connectivity index (χ0v) is 19.5. The van der Waals surface area contributed by atoms with E-state index in [4.69, 9.17) is 0 Å². The van der Waals surface area contributed by atoms with Crippen LogP contribution in [-0.4, -0.2) is 32.1 Å². The van der Waals surface area contributed by atoms with Gasteiger partial charge in [0.1, 0.15) is 0 Å². The number of benzene rings is 2. The fourth-order valence-corrected chi connectivity index (χ4v) is 6.41.